The third-order valence-electron chi connectivity index (χ3n) is 3.22. The molecule has 98 valence electrons. The van der Waals surface area contributed by atoms with E-state index >= 15 is 0 Å². The second kappa shape index (κ2) is 5.33. The molecule has 1 amide bonds. The van der Waals surface area contributed by atoms with Crippen molar-refractivity contribution in [1.29, 1.82) is 0 Å². The largest absolute Gasteiger partial charge is 0.497 e. The van der Waals surface area contributed by atoms with Gasteiger partial charge in [0.15, 0.2) is 0 Å². The number of carbonyl (C=O) groups is 1. The molecule has 0 radical (unpaired) electrons. The Morgan fingerprint density at radius 3 is 2.61 bits per heavy atom. The van der Waals surface area contributed by atoms with Gasteiger partial charge in [-0.3, -0.25) is 4.79 Å². The van der Waals surface area contributed by atoms with Gasteiger partial charge in [0.2, 0.25) is 0 Å². The maximum Gasteiger partial charge on any atom is 0.315 e. The molecule has 3 nitrogen and oxygen atoms in total. The fraction of sp³-hybridized carbons (Fsp3) is 0.462. The van der Waals surface area contributed by atoms with Crippen LogP contribution in [-0.4, -0.2) is 30.9 Å². The summed E-state index contributed by atoms with van der Waals surface area (Å²) in [6.45, 7) is 0.403. The predicted octanol–water partition coefficient (Wildman–Crippen LogP) is 2.62. The number of halogens is 2. The normalized spacial score (nSPS) is 19.3. The first-order valence-electron chi connectivity index (χ1n) is 5.86. The van der Waals surface area contributed by atoms with Gasteiger partial charge >= 0.3 is 6.43 Å². The number of hydrogen-bond donors (Lipinski definition) is 0. The van der Waals surface area contributed by atoms with Crippen LogP contribution in [0.4, 0.5) is 8.78 Å². The summed E-state index contributed by atoms with van der Waals surface area (Å²) in [6, 6.07) is 6.95. The van der Waals surface area contributed by atoms with Crippen molar-refractivity contribution in [1.82, 2.24) is 4.90 Å². The number of ether oxygens (including phenoxy) is 1. The summed E-state index contributed by atoms with van der Waals surface area (Å²) < 4.78 is 30.0. The highest BCUT2D eigenvalue weighted by Gasteiger charge is 2.33. The molecule has 1 aliphatic heterocycles. The topological polar surface area (TPSA) is 29.5 Å². The third-order valence-corrected chi connectivity index (χ3v) is 3.22. The van der Waals surface area contributed by atoms with E-state index in [0.29, 0.717) is 12.3 Å². The Balaban J connectivity index is 2.17. The molecule has 1 saturated heterocycles. The van der Waals surface area contributed by atoms with Crippen LogP contribution in [0.15, 0.2) is 24.3 Å². The third kappa shape index (κ3) is 2.44. The lowest BCUT2D eigenvalue weighted by atomic mass is 10.0. The van der Waals surface area contributed by atoms with Gasteiger partial charge in [-0.15, -0.1) is 0 Å². The highest BCUT2D eigenvalue weighted by atomic mass is 19.3. The highest BCUT2D eigenvalue weighted by Crippen LogP contribution is 2.33. The molecular formula is C13H15F2NO2. The van der Waals surface area contributed by atoms with E-state index < -0.39 is 12.3 Å². The number of amides is 1. The van der Waals surface area contributed by atoms with Gasteiger partial charge in [-0.1, -0.05) is 12.1 Å². The van der Waals surface area contributed by atoms with E-state index in [1.54, 1.807) is 19.2 Å². The lowest BCUT2D eigenvalue weighted by molar-refractivity contribution is -0.143. The fourth-order valence-corrected chi connectivity index (χ4v) is 2.33. The molecule has 5 heteroatoms. The maximum atomic E-state index is 12.5. The summed E-state index contributed by atoms with van der Waals surface area (Å²) in [5.74, 6) is -0.364. The Hall–Kier alpha value is -1.65. The van der Waals surface area contributed by atoms with Crippen molar-refractivity contribution >= 4 is 5.91 Å². The first-order chi connectivity index (χ1) is 8.63. The van der Waals surface area contributed by atoms with Crippen molar-refractivity contribution in [3.8, 4) is 5.75 Å². The van der Waals surface area contributed by atoms with Crippen LogP contribution in [0, 0.1) is 0 Å². The molecule has 2 rings (SSSR count). The molecule has 0 bridgehead atoms. The number of likely N-dealkylation sites (tertiary alicyclic amines) is 1. The summed E-state index contributed by atoms with van der Waals surface area (Å²) in [5, 5.41) is 0. The van der Waals surface area contributed by atoms with E-state index in [4.69, 9.17) is 4.74 Å². The van der Waals surface area contributed by atoms with Crippen LogP contribution < -0.4 is 4.74 Å². The standard InChI is InChI=1S/C13H15F2NO2/c1-18-10-6-4-9(5-7-10)11-3-2-8-16(11)13(17)12(14)15/h4-7,11-12H,2-3,8H2,1H3. The Kier molecular flexibility index (Phi) is 3.79. The molecule has 0 aromatic heterocycles. The number of benzene rings is 1. The summed E-state index contributed by atoms with van der Waals surface area (Å²) >= 11 is 0. The first-order valence-corrected chi connectivity index (χ1v) is 5.86. The average Bonchev–Trinajstić information content (AvgIpc) is 2.87. The van der Waals surface area contributed by atoms with Gasteiger partial charge in [-0.05, 0) is 30.5 Å². The summed E-state index contributed by atoms with van der Waals surface area (Å²) in [5.41, 5.74) is 0.877. The van der Waals surface area contributed by atoms with Crippen LogP contribution in [0.2, 0.25) is 0 Å². The van der Waals surface area contributed by atoms with Gasteiger partial charge in [0, 0.05) is 6.54 Å². The zero-order chi connectivity index (χ0) is 13.1. The summed E-state index contributed by atoms with van der Waals surface area (Å²) in [4.78, 5) is 12.7. The van der Waals surface area contributed by atoms with Crippen molar-refractivity contribution in [3.05, 3.63) is 29.8 Å². The van der Waals surface area contributed by atoms with E-state index in [9.17, 15) is 13.6 Å². The first kappa shape index (κ1) is 12.8. The lowest BCUT2D eigenvalue weighted by Crippen LogP contribution is -2.35. The minimum atomic E-state index is -2.93. The SMILES string of the molecule is COc1ccc(C2CCCN2C(=O)C(F)F)cc1. The van der Waals surface area contributed by atoms with Crippen molar-refractivity contribution in [2.45, 2.75) is 25.3 Å². The van der Waals surface area contributed by atoms with Crippen LogP contribution in [0.3, 0.4) is 0 Å². The molecule has 0 aliphatic carbocycles. The van der Waals surface area contributed by atoms with Crippen LogP contribution in [0.5, 0.6) is 5.75 Å². The second-order valence-electron chi connectivity index (χ2n) is 4.26. The van der Waals surface area contributed by atoms with Gasteiger partial charge in [-0.25, -0.2) is 0 Å². The molecule has 1 aromatic rings. The number of rotatable bonds is 3. The molecular weight excluding hydrogens is 240 g/mol. The van der Waals surface area contributed by atoms with E-state index in [1.165, 1.54) is 4.90 Å². The highest BCUT2D eigenvalue weighted by molar-refractivity contribution is 5.80. The molecule has 1 atom stereocenters. The second-order valence-corrected chi connectivity index (χ2v) is 4.26. The zero-order valence-corrected chi connectivity index (χ0v) is 10.1. The average molecular weight is 255 g/mol. The molecule has 1 aromatic carbocycles. The van der Waals surface area contributed by atoms with E-state index in [-0.39, 0.29) is 6.04 Å². The van der Waals surface area contributed by atoms with Crippen LogP contribution >= 0.6 is 0 Å². The molecule has 0 spiro atoms. The van der Waals surface area contributed by atoms with Crippen LogP contribution in [-0.2, 0) is 4.79 Å². The van der Waals surface area contributed by atoms with Gasteiger partial charge in [0.05, 0.1) is 13.2 Å². The van der Waals surface area contributed by atoms with Crippen molar-refractivity contribution in [2.24, 2.45) is 0 Å². The van der Waals surface area contributed by atoms with Crippen molar-refractivity contribution in [2.75, 3.05) is 13.7 Å². The lowest BCUT2D eigenvalue weighted by Gasteiger charge is -2.24. The summed E-state index contributed by atoms with van der Waals surface area (Å²) in [6.07, 6.45) is -1.44. The molecule has 1 heterocycles. The zero-order valence-electron chi connectivity index (χ0n) is 10.1. The van der Waals surface area contributed by atoms with Gasteiger partial charge in [0.25, 0.3) is 5.91 Å². The Labute approximate surface area is 104 Å². The van der Waals surface area contributed by atoms with E-state index in [0.717, 1.165) is 18.4 Å². The monoisotopic (exact) mass is 255 g/mol. The quantitative estimate of drug-likeness (QED) is 0.831. The Morgan fingerprint density at radius 1 is 1.39 bits per heavy atom. The van der Waals surface area contributed by atoms with Crippen LogP contribution in [0.1, 0.15) is 24.4 Å². The summed E-state index contributed by atoms with van der Waals surface area (Å²) in [7, 11) is 1.57. The van der Waals surface area contributed by atoms with E-state index in [1.807, 2.05) is 12.1 Å². The molecule has 18 heavy (non-hydrogen) atoms. The minimum Gasteiger partial charge on any atom is -0.497 e. The number of nitrogens with zero attached hydrogens (tertiary/aromatic N) is 1. The minimum absolute atomic E-state index is 0.239. The molecule has 1 aliphatic rings. The van der Waals surface area contributed by atoms with Gasteiger partial charge in [-0.2, -0.15) is 8.78 Å². The molecule has 1 fully saturated rings. The molecule has 1 unspecified atom stereocenters. The molecule has 0 N–H and O–H groups in total. The number of hydrogen-bond acceptors (Lipinski definition) is 2. The Bertz CT molecular complexity index is 420. The predicted molar refractivity (Wildman–Crippen MR) is 62.7 cm³/mol. The van der Waals surface area contributed by atoms with E-state index in [2.05, 4.69) is 0 Å². The maximum absolute atomic E-state index is 12.5. The Morgan fingerprint density at radius 2 is 2.06 bits per heavy atom. The number of methoxy groups -OCH3 is 1. The smallest absolute Gasteiger partial charge is 0.315 e. The van der Waals surface area contributed by atoms with Gasteiger partial charge < -0.3 is 9.64 Å². The molecule has 0 saturated carbocycles. The number of alkyl halides is 2. The fourth-order valence-electron chi connectivity index (χ4n) is 2.33. The van der Waals surface area contributed by atoms with Crippen LogP contribution in [0.25, 0.3) is 0 Å². The van der Waals surface area contributed by atoms with Crippen molar-refractivity contribution < 1.29 is 18.3 Å². The van der Waals surface area contributed by atoms with Crippen molar-refractivity contribution in [3.63, 3.8) is 0 Å². The number of carbonyl (C=O) groups excluding carboxylic acids is 1. The van der Waals surface area contributed by atoms with Gasteiger partial charge in [0.1, 0.15) is 5.75 Å².